The zero-order valence-corrected chi connectivity index (χ0v) is 30.2. The third kappa shape index (κ3) is 8.50. The summed E-state index contributed by atoms with van der Waals surface area (Å²) in [4.78, 5) is 52.5. The van der Waals surface area contributed by atoms with Gasteiger partial charge in [-0.2, -0.15) is 0 Å². The molecule has 0 atom stereocenters. The van der Waals surface area contributed by atoms with Gasteiger partial charge in [-0.25, -0.2) is 19.2 Å². The molecule has 0 N–H and O–H groups in total. The van der Waals surface area contributed by atoms with Gasteiger partial charge in [0.05, 0.1) is 43.3 Å². The van der Waals surface area contributed by atoms with E-state index in [4.69, 9.17) is 88.6 Å². The number of benzene rings is 2. The van der Waals surface area contributed by atoms with Gasteiger partial charge in [0, 0.05) is 0 Å². The molecule has 2 aromatic carbocycles. The highest BCUT2D eigenvalue weighted by Crippen LogP contribution is 2.52. The van der Waals surface area contributed by atoms with Crippen LogP contribution in [0.5, 0.6) is 11.5 Å². The molecule has 4 aliphatic rings. The molecule has 4 saturated carbocycles. The highest BCUT2D eigenvalue weighted by molar-refractivity contribution is 6.47. The monoisotopic (exact) mass is 778 g/mol. The van der Waals surface area contributed by atoms with Crippen molar-refractivity contribution in [1.82, 2.24) is 0 Å². The lowest BCUT2D eigenvalue weighted by molar-refractivity contribution is -0.156. The summed E-state index contributed by atoms with van der Waals surface area (Å²) in [5.41, 5.74) is -0.866. The smallest absolute Gasteiger partial charge is 0.423 e. The quantitative estimate of drug-likeness (QED) is 0.0808. The number of esters is 4. The first-order valence-electron chi connectivity index (χ1n) is 16.1. The van der Waals surface area contributed by atoms with E-state index in [0.717, 1.165) is 12.1 Å². The van der Waals surface area contributed by atoms with Crippen molar-refractivity contribution < 1.29 is 38.1 Å². The molecule has 258 valence electrons. The van der Waals surface area contributed by atoms with Crippen LogP contribution in [-0.2, 0) is 19.1 Å². The SMILES string of the molecule is O=C(Oc1c(Cl)cc(Cl)c(Cl)c1C(=O)OCCC(C1CC1)C1CC1)C(=O)Oc1c(Cl)cc(Cl)c(Cl)c1C(=O)OCCC(C1CC1)C1CC1. The largest absolute Gasteiger partial charge is 0.462 e. The normalized spacial score (nSPS) is 17.4. The molecule has 0 aliphatic heterocycles. The Morgan fingerprint density at radius 1 is 0.542 bits per heavy atom. The zero-order valence-electron chi connectivity index (χ0n) is 25.6. The van der Waals surface area contributed by atoms with Gasteiger partial charge in [-0.1, -0.05) is 69.6 Å². The molecule has 4 fully saturated rings. The number of ether oxygens (including phenoxy) is 4. The van der Waals surface area contributed by atoms with Gasteiger partial charge in [0.1, 0.15) is 11.1 Å². The van der Waals surface area contributed by atoms with Crippen LogP contribution in [0.25, 0.3) is 0 Å². The second kappa shape index (κ2) is 15.1. The molecule has 0 aromatic heterocycles. The van der Waals surface area contributed by atoms with Crippen molar-refractivity contribution in [1.29, 1.82) is 0 Å². The predicted octanol–water partition coefficient (Wildman–Crippen LogP) is 10.1. The summed E-state index contributed by atoms with van der Waals surface area (Å²) in [5.74, 6) is -2.63. The van der Waals surface area contributed by atoms with E-state index >= 15 is 0 Å². The van der Waals surface area contributed by atoms with Gasteiger partial charge in [-0.15, -0.1) is 0 Å². The Labute approximate surface area is 307 Å². The molecule has 0 radical (unpaired) electrons. The summed E-state index contributed by atoms with van der Waals surface area (Å²) in [7, 11) is 0. The topological polar surface area (TPSA) is 105 Å². The molecule has 4 aliphatic carbocycles. The maximum absolute atomic E-state index is 13.2. The molecule has 0 bridgehead atoms. The molecule has 8 nitrogen and oxygen atoms in total. The van der Waals surface area contributed by atoms with Crippen molar-refractivity contribution >= 4 is 93.5 Å². The summed E-state index contributed by atoms with van der Waals surface area (Å²) < 4.78 is 21.5. The highest BCUT2D eigenvalue weighted by atomic mass is 35.5. The lowest BCUT2D eigenvalue weighted by atomic mass is 9.95. The van der Waals surface area contributed by atoms with Crippen LogP contribution in [-0.4, -0.2) is 37.1 Å². The summed E-state index contributed by atoms with van der Waals surface area (Å²) in [6, 6.07) is 2.29. The van der Waals surface area contributed by atoms with Crippen molar-refractivity contribution in [3.63, 3.8) is 0 Å². The summed E-state index contributed by atoms with van der Waals surface area (Å²) in [6.45, 7) is 0.228. The number of halogens is 6. The molecule has 2 aromatic rings. The first kappa shape index (κ1) is 35.9. The molecule has 0 saturated heterocycles. The molecule has 14 heteroatoms. The fourth-order valence-corrected chi connectivity index (χ4v) is 7.96. The fraction of sp³-hybridized carbons (Fsp3) is 0.529. The van der Waals surface area contributed by atoms with Crippen LogP contribution in [0.3, 0.4) is 0 Å². The lowest BCUT2D eigenvalue weighted by Gasteiger charge is -2.17. The van der Waals surface area contributed by atoms with Gasteiger partial charge in [-0.05, 0) is 112 Å². The van der Waals surface area contributed by atoms with Gasteiger partial charge < -0.3 is 18.9 Å². The maximum atomic E-state index is 13.2. The first-order valence-corrected chi connectivity index (χ1v) is 18.3. The Morgan fingerprint density at radius 3 is 1.15 bits per heavy atom. The number of carbonyl (C=O) groups is 4. The molecule has 0 unspecified atom stereocenters. The Hall–Kier alpha value is -1.94. The molecule has 0 amide bonds. The van der Waals surface area contributed by atoms with Gasteiger partial charge >= 0.3 is 23.9 Å². The van der Waals surface area contributed by atoms with Crippen molar-refractivity contribution in [2.45, 2.75) is 64.2 Å². The molecule has 6 rings (SSSR count). The van der Waals surface area contributed by atoms with Crippen LogP contribution >= 0.6 is 69.6 Å². The van der Waals surface area contributed by atoms with Crippen molar-refractivity contribution in [3.8, 4) is 11.5 Å². The van der Waals surface area contributed by atoms with E-state index in [1.54, 1.807) is 0 Å². The van der Waals surface area contributed by atoms with E-state index in [1.165, 1.54) is 51.4 Å². The van der Waals surface area contributed by atoms with E-state index in [2.05, 4.69) is 0 Å². The summed E-state index contributed by atoms with van der Waals surface area (Å²) in [6.07, 6.45) is 10.8. The van der Waals surface area contributed by atoms with Gasteiger partial charge in [0.15, 0.2) is 11.5 Å². The van der Waals surface area contributed by atoms with Crippen LogP contribution in [0, 0.1) is 35.5 Å². The molecule has 0 spiro atoms. The van der Waals surface area contributed by atoms with E-state index < -0.39 is 46.5 Å². The molecular formula is C34H32Cl6O8. The minimum Gasteiger partial charge on any atom is -0.462 e. The maximum Gasteiger partial charge on any atom is 0.423 e. The average Bonchev–Trinajstić information content (AvgIpc) is 3.87. The van der Waals surface area contributed by atoms with Crippen molar-refractivity contribution in [2.24, 2.45) is 35.5 Å². The average molecular weight is 781 g/mol. The van der Waals surface area contributed by atoms with E-state index in [9.17, 15) is 19.2 Å². The number of carbonyl (C=O) groups excluding carboxylic acids is 4. The predicted molar refractivity (Wildman–Crippen MR) is 182 cm³/mol. The molecular weight excluding hydrogens is 749 g/mol. The van der Waals surface area contributed by atoms with Gasteiger partial charge in [0.25, 0.3) is 0 Å². The first-order chi connectivity index (χ1) is 22.9. The Kier molecular flexibility index (Phi) is 11.3. The van der Waals surface area contributed by atoms with Gasteiger partial charge in [-0.3, -0.25) is 0 Å². The van der Waals surface area contributed by atoms with Crippen LogP contribution in [0.1, 0.15) is 84.9 Å². The Morgan fingerprint density at radius 2 is 0.854 bits per heavy atom. The number of hydrogen-bond donors (Lipinski definition) is 0. The Bertz CT molecular complexity index is 1490. The zero-order chi connectivity index (χ0) is 34.3. The van der Waals surface area contributed by atoms with Crippen LogP contribution in [0.4, 0.5) is 0 Å². The molecule has 48 heavy (non-hydrogen) atoms. The van der Waals surface area contributed by atoms with Crippen LogP contribution in [0.15, 0.2) is 12.1 Å². The lowest BCUT2D eigenvalue weighted by Crippen LogP contribution is -2.27. The van der Waals surface area contributed by atoms with Crippen molar-refractivity contribution in [2.75, 3.05) is 13.2 Å². The van der Waals surface area contributed by atoms with Gasteiger partial charge in [0.2, 0.25) is 0 Å². The minimum absolute atomic E-state index is 0.101. The van der Waals surface area contributed by atoms with E-state index in [0.29, 0.717) is 48.3 Å². The van der Waals surface area contributed by atoms with Crippen molar-refractivity contribution in [3.05, 3.63) is 53.4 Å². The number of hydrogen-bond acceptors (Lipinski definition) is 8. The second-order valence-electron chi connectivity index (χ2n) is 13.0. The summed E-state index contributed by atoms with van der Waals surface area (Å²) >= 11 is 37.6. The third-order valence-electron chi connectivity index (χ3n) is 9.50. The fourth-order valence-electron chi connectivity index (χ4n) is 6.52. The highest BCUT2D eigenvalue weighted by Gasteiger charge is 2.42. The number of rotatable bonds is 14. The van der Waals surface area contributed by atoms with Crippen LogP contribution < -0.4 is 9.47 Å². The third-order valence-corrected chi connectivity index (χ3v) is 11.6. The van der Waals surface area contributed by atoms with E-state index in [1.807, 2.05) is 0 Å². The summed E-state index contributed by atoms with van der Waals surface area (Å²) in [5, 5.41) is -1.36. The minimum atomic E-state index is -1.62. The molecule has 0 heterocycles. The standard InChI is InChI=1S/C34H32Cl6O8/c35-21-13-23(37)29(25(27(21)39)31(41)45-11-9-19(15-1-2-15)16-3-4-16)47-33(43)34(44)48-30-24(38)14-22(36)28(40)26(30)32(42)46-12-10-20(17-5-6-17)18-7-8-18/h13-20H,1-12H2. The van der Waals surface area contributed by atoms with Crippen LogP contribution in [0.2, 0.25) is 30.1 Å². The Balaban J connectivity index is 1.14. The second-order valence-corrected chi connectivity index (χ2v) is 15.4. The van der Waals surface area contributed by atoms with E-state index in [-0.39, 0.29) is 43.3 Å².